The Bertz CT molecular complexity index is 313. The largest absolute Gasteiger partial charge is 0.380 e. The van der Waals surface area contributed by atoms with Crippen molar-refractivity contribution in [1.29, 1.82) is 0 Å². The van der Waals surface area contributed by atoms with Crippen LogP contribution < -0.4 is 5.64 Å². The Balaban J connectivity index is 0.000000659. The third kappa shape index (κ3) is 4.65. The summed E-state index contributed by atoms with van der Waals surface area (Å²) in [4.78, 5) is 1.26. The van der Waals surface area contributed by atoms with Crippen LogP contribution in [0.15, 0.2) is 29.2 Å². The van der Waals surface area contributed by atoms with Crippen molar-refractivity contribution in [2.75, 3.05) is 19.5 Å². The molecule has 18 heavy (non-hydrogen) atoms. The predicted octanol–water partition coefficient (Wildman–Crippen LogP) is 2.68. The highest BCUT2D eigenvalue weighted by Gasteiger charge is 2.32. The van der Waals surface area contributed by atoms with E-state index in [1.807, 2.05) is 20.8 Å². The van der Waals surface area contributed by atoms with E-state index in [1.54, 1.807) is 11.8 Å². The Hall–Kier alpha value is -0.485. The molecule has 1 saturated heterocycles. The van der Waals surface area contributed by atoms with E-state index >= 15 is 0 Å². The fourth-order valence-corrected chi connectivity index (χ4v) is 1.98. The SMILES string of the molecule is CC.CSc1ccc(C2(C)OCCO2)cc1.[B]N. The predicted molar refractivity (Wildman–Crippen MR) is 78.8 cm³/mol. The number of rotatable bonds is 2. The molecule has 0 aromatic heterocycles. The summed E-state index contributed by atoms with van der Waals surface area (Å²) in [6, 6.07) is 8.32. The summed E-state index contributed by atoms with van der Waals surface area (Å²) in [5, 5.41) is 0. The van der Waals surface area contributed by atoms with E-state index in [1.165, 1.54) is 4.90 Å². The molecule has 1 aliphatic heterocycles. The molecular weight excluding hydrogens is 245 g/mol. The third-order valence-corrected chi connectivity index (χ3v) is 3.20. The van der Waals surface area contributed by atoms with E-state index in [-0.39, 0.29) is 0 Å². The molecule has 0 atom stereocenters. The van der Waals surface area contributed by atoms with Gasteiger partial charge in [-0.1, -0.05) is 26.0 Å². The lowest BCUT2D eigenvalue weighted by atomic mass is 10.1. The van der Waals surface area contributed by atoms with Gasteiger partial charge in [-0.2, -0.15) is 0 Å². The van der Waals surface area contributed by atoms with Gasteiger partial charge in [0.2, 0.25) is 0 Å². The molecule has 2 N–H and O–H groups in total. The summed E-state index contributed by atoms with van der Waals surface area (Å²) in [7, 11) is 4.00. The maximum absolute atomic E-state index is 5.57. The first-order valence-electron chi connectivity index (χ1n) is 6.00. The van der Waals surface area contributed by atoms with Crippen LogP contribution in [0.3, 0.4) is 0 Å². The van der Waals surface area contributed by atoms with Gasteiger partial charge < -0.3 is 15.1 Å². The fraction of sp³-hybridized carbons (Fsp3) is 0.538. The summed E-state index contributed by atoms with van der Waals surface area (Å²) in [6.45, 7) is 7.33. The third-order valence-electron chi connectivity index (χ3n) is 2.45. The average Bonchev–Trinajstić information content (AvgIpc) is 2.91. The molecule has 1 fully saturated rings. The Morgan fingerprint density at radius 1 is 1.11 bits per heavy atom. The summed E-state index contributed by atoms with van der Waals surface area (Å²) in [6.07, 6.45) is 2.07. The van der Waals surface area contributed by atoms with Gasteiger partial charge in [0, 0.05) is 10.5 Å². The molecule has 0 saturated carbocycles. The van der Waals surface area contributed by atoms with E-state index in [2.05, 4.69) is 44.1 Å². The van der Waals surface area contributed by atoms with Crippen molar-refractivity contribution in [2.45, 2.75) is 31.5 Å². The fourth-order valence-electron chi connectivity index (χ4n) is 1.57. The highest BCUT2D eigenvalue weighted by atomic mass is 32.2. The molecule has 100 valence electrons. The van der Waals surface area contributed by atoms with Crippen LogP contribution in [-0.4, -0.2) is 27.5 Å². The van der Waals surface area contributed by atoms with Crippen LogP contribution in [0, 0.1) is 0 Å². The lowest BCUT2D eigenvalue weighted by Crippen LogP contribution is -2.22. The second kappa shape index (κ2) is 9.45. The highest BCUT2D eigenvalue weighted by Crippen LogP contribution is 2.31. The summed E-state index contributed by atoms with van der Waals surface area (Å²) in [5.74, 6) is -0.531. The Kier molecular flexibility index (Phi) is 9.19. The molecule has 0 bridgehead atoms. The van der Waals surface area contributed by atoms with Crippen LogP contribution >= 0.6 is 11.8 Å². The molecule has 1 heterocycles. The van der Waals surface area contributed by atoms with Crippen molar-refractivity contribution in [1.82, 2.24) is 0 Å². The molecular formula is C13H22BNO2S. The van der Waals surface area contributed by atoms with Crippen LogP contribution in [-0.2, 0) is 15.3 Å². The second-order valence-electron chi connectivity index (χ2n) is 3.37. The molecule has 0 amide bonds. The minimum Gasteiger partial charge on any atom is -0.380 e. The first-order chi connectivity index (χ1) is 8.74. The second-order valence-corrected chi connectivity index (χ2v) is 4.25. The zero-order valence-electron chi connectivity index (χ0n) is 11.6. The number of nitrogens with two attached hydrogens (primary N) is 1. The monoisotopic (exact) mass is 267 g/mol. The van der Waals surface area contributed by atoms with E-state index in [4.69, 9.17) is 9.47 Å². The average molecular weight is 267 g/mol. The van der Waals surface area contributed by atoms with E-state index in [0.29, 0.717) is 13.2 Å². The number of benzene rings is 1. The first-order valence-corrected chi connectivity index (χ1v) is 7.23. The molecule has 0 spiro atoms. The minimum absolute atomic E-state index is 0.531. The summed E-state index contributed by atoms with van der Waals surface area (Å²) in [5.41, 5.74) is 5.09. The summed E-state index contributed by atoms with van der Waals surface area (Å²) >= 11 is 1.74. The van der Waals surface area contributed by atoms with Gasteiger partial charge in [-0.05, 0) is 25.3 Å². The van der Waals surface area contributed by atoms with Crippen LogP contribution in [0.2, 0.25) is 0 Å². The Morgan fingerprint density at radius 3 is 1.94 bits per heavy atom. The van der Waals surface area contributed by atoms with Gasteiger partial charge >= 0.3 is 0 Å². The van der Waals surface area contributed by atoms with Crippen LogP contribution in [0.5, 0.6) is 0 Å². The smallest absolute Gasteiger partial charge is 0.192 e. The molecule has 1 aliphatic rings. The number of thioether (sulfide) groups is 1. The van der Waals surface area contributed by atoms with Gasteiger partial charge in [0.1, 0.15) is 0 Å². The molecule has 1 aromatic carbocycles. The molecule has 0 unspecified atom stereocenters. The van der Waals surface area contributed by atoms with Gasteiger partial charge in [-0.25, -0.2) is 0 Å². The van der Waals surface area contributed by atoms with Crippen molar-refractivity contribution in [3.63, 3.8) is 0 Å². The van der Waals surface area contributed by atoms with Crippen LogP contribution in [0.1, 0.15) is 26.3 Å². The number of ether oxygens (including phenoxy) is 2. The number of hydrogen-bond acceptors (Lipinski definition) is 4. The molecule has 3 nitrogen and oxygen atoms in total. The standard InChI is InChI=1S/C11H14O2S.C2H6.BH2N/c1-11(12-7-8-13-11)9-3-5-10(14-2)6-4-9;2*1-2/h3-6H,7-8H2,1-2H3;1-2H3;2H2. The van der Waals surface area contributed by atoms with Crippen molar-refractivity contribution in [3.8, 4) is 0 Å². The van der Waals surface area contributed by atoms with Crippen LogP contribution in [0.25, 0.3) is 0 Å². The molecule has 2 rings (SSSR count). The molecule has 5 heteroatoms. The first kappa shape index (κ1) is 17.5. The van der Waals surface area contributed by atoms with E-state index in [0.717, 1.165) is 5.56 Å². The maximum Gasteiger partial charge on any atom is 0.192 e. The molecule has 1 aromatic rings. The van der Waals surface area contributed by atoms with Gasteiger partial charge in [-0.3, -0.25) is 0 Å². The number of hydrogen-bond donors (Lipinski definition) is 1. The quantitative estimate of drug-likeness (QED) is 0.661. The highest BCUT2D eigenvalue weighted by molar-refractivity contribution is 7.98. The topological polar surface area (TPSA) is 44.5 Å². The maximum atomic E-state index is 5.57. The van der Waals surface area contributed by atoms with Crippen LogP contribution in [0.4, 0.5) is 0 Å². The minimum atomic E-state index is -0.531. The van der Waals surface area contributed by atoms with Crippen molar-refractivity contribution >= 4 is 19.7 Å². The van der Waals surface area contributed by atoms with Crippen molar-refractivity contribution in [2.24, 2.45) is 5.64 Å². The summed E-state index contributed by atoms with van der Waals surface area (Å²) < 4.78 is 11.1. The lowest BCUT2D eigenvalue weighted by Gasteiger charge is -2.22. The van der Waals surface area contributed by atoms with Gasteiger partial charge in [0.15, 0.2) is 13.8 Å². The molecule has 2 radical (unpaired) electrons. The zero-order valence-corrected chi connectivity index (χ0v) is 12.4. The van der Waals surface area contributed by atoms with E-state index in [9.17, 15) is 0 Å². The Labute approximate surface area is 116 Å². The van der Waals surface area contributed by atoms with Gasteiger partial charge in [-0.15, -0.1) is 11.8 Å². The Morgan fingerprint density at radius 2 is 1.56 bits per heavy atom. The van der Waals surface area contributed by atoms with Gasteiger partial charge in [0.05, 0.1) is 13.2 Å². The van der Waals surface area contributed by atoms with Gasteiger partial charge in [0.25, 0.3) is 0 Å². The lowest BCUT2D eigenvalue weighted by molar-refractivity contribution is -0.149. The normalized spacial score (nSPS) is 16.1. The zero-order chi connectivity index (χ0) is 14.0. The van der Waals surface area contributed by atoms with Crippen molar-refractivity contribution in [3.05, 3.63) is 29.8 Å². The van der Waals surface area contributed by atoms with E-state index < -0.39 is 5.79 Å². The molecule has 0 aliphatic carbocycles. The van der Waals surface area contributed by atoms with Crippen molar-refractivity contribution < 1.29 is 9.47 Å².